The van der Waals surface area contributed by atoms with Gasteiger partial charge in [-0.2, -0.15) is 0 Å². The van der Waals surface area contributed by atoms with Crippen molar-refractivity contribution in [2.24, 2.45) is 0 Å². The molecule has 0 aliphatic heterocycles. The number of hydrogen-bond donors (Lipinski definition) is 0. The van der Waals surface area contributed by atoms with E-state index in [1.54, 1.807) is 0 Å². The summed E-state index contributed by atoms with van der Waals surface area (Å²) in [4.78, 5) is 21.7. The van der Waals surface area contributed by atoms with Crippen LogP contribution in [-0.4, -0.2) is 37.9 Å². The van der Waals surface area contributed by atoms with E-state index in [0.29, 0.717) is 0 Å². The molecule has 0 N–H and O–H groups in total. The molecule has 0 aliphatic rings. The minimum absolute atomic E-state index is 0.0247. The maximum absolute atomic E-state index is 10.8. The topological polar surface area (TPSA) is 61.8 Å². The molecule has 0 aromatic heterocycles. The fourth-order valence-electron chi connectivity index (χ4n) is 0.816. The summed E-state index contributed by atoms with van der Waals surface area (Å²) < 4.78 is 14.8. The molecule has 5 heteroatoms. The van der Waals surface area contributed by atoms with Gasteiger partial charge in [-0.1, -0.05) is 19.2 Å². The van der Waals surface area contributed by atoms with Crippen LogP contribution in [-0.2, 0) is 23.8 Å². The molecule has 0 amide bonds. The van der Waals surface area contributed by atoms with E-state index in [2.05, 4.69) is 19.7 Å². The molecule has 0 aliphatic carbocycles. The molecular formula is C12H16O5. The molecule has 0 saturated heterocycles. The van der Waals surface area contributed by atoms with Gasteiger partial charge in [0.05, 0.1) is 6.61 Å². The lowest BCUT2D eigenvalue weighted by Gasteiger charge is -2.16. The van der Waals surface area contributed by atoms with Crippen LogP contribution in [0.3, 0.4) is 0 Å². The molecule has 0 heterocycles. The summed E-state index contributed by atoms with van der Waals surface area (Å²) in [6, 6.07) is 0. The summed E-state index contributed by atoms with van der Waals surface area (Å²) in [5, 5.41) is 0. The van der Waals surface area contributed by atoms with Gasteiger partial charge >= 0.3 is 11.9 Å². The van der Waals surface area contributed by atoms with Crippen LogP contribution >= 0.6 is 0 Å². The molecule has 0 radical (unpaired) electrons. The van der Waals surface area contributed by atoms with Crippen LogP contribution in [0, 0.1) is 0 Å². The van der Waals surface area contributed by atoms with Crippen molar-refractivity contribution in [1.82, 2.24) is 0 Å². The van der Waals surface area contributed by atoms with E-state index in [1.807, 2.05) is 0 Å². The highest BCUT2D eigenvalue weighted by Gasteiger charge is 2.13. The van der Waals surface area contributed by atoms with Gasteiger partial charge in [-0.15, -0.1) is 6.58 Å². The number of ether oxygens (including phenoxy) is 3. The van der Waals surface area contributed by atoms with Crippen molar-refractivity contribution < 1.29 is 23.8 Å². The lowest BCUT2D eigenvalue weighted by Crippen LogP contribution is -2.28. The number of carbonyl (C=O) groups excluding carboxylic acids is 2. The van der Waals surface area contributed by atoms with Crippen molar-refractivity contribution >= 4 is 11.9 Å². The minimum Gasteiger partial charge on any atom is -0.460 e. The molecule has 0 rings (SSSR count). The van der Waals surface area contributed by atoms with E-state index < -0.39 is 18.0 Å². The van der Waals surface area contributed by atoms with Gasteiger partial charge in [-0.25, -0.2) is 9.59 Å². The van der Waals surface area contributed by atoms with Crippen molar-refractivity contribution in [1.29, 1.82) is 0 Å². The highest BCUT2D eigenvalue weighted by Crippen LogP contribution is 1.97. The van der Waals surface area contributed by atoms with Gasteiger partial charge in [-0.05, 0) is 0 Å². The van der Waals surface area contributed by atoms with E-state index in [1.165, 1.54) is 6.08 Å². The Hall–Kier alpha value is -1.88. The molecular weight excluding hydrogens is 224 g/mol. The zero-order chi connectivity index (χ0) is 13.1. The first-order valence-corrected chi connectivity index (χ1v) is 4.95. The monoisotopic (exact) mass is 240 g/mol. The third-order valence-electron chi connectivity index (χ3n) is 1.61. The highest BCUT2D eigenvalue weighted by molar-refractivity contribution is 5.81. The quantitative estimate of drug-likeness (QED) is 0.342. The Morgan fingerprint density at radius 3 is 1.82 bits per heavy atom. The molecule has 0 saturated carbocycles. The fraction of sp³-hybridized carbons (Fsp3) is 0.333. The van der Waals surface area contributed by atoms with Gasteiger partial charge in [0.15, 0.2) is 0 Å². The number of carbonyl (C=O) groups is 2. The van der Waals surface area contributed by atoms with E-state index in [0.717, 1.165) is 12.2 Å². The maximum Gasteiger partial charge on any atom is 0.330 e. The van der Waals surface area contributed by atoms with E-state index >= 15 is 0 Å². The zero-order valence-electron chi connectivity index (χ0n) is 9.59. The van der Waals surface area contributed by atoms with E-state index in [-0.39, 0.29) is 19.8 Å². The van der Waals surface area contributed by atoms with Crippen LogP contribution in [0.4, 0.5) is 0 Å². The first kappa shape index (κ1) is 15.1. The van der Waals surface area contributed by atoms with Gasteiger partial charge < -0.3 is 14.2 Å². The zero-order valence-corrected chi connectivity index (χ0v) is 9.59. The number of rotatable bonds is 9. The summed E-state index contributed by atoms with van der Waals surface area (Å²) >= 11 is 0. The molecule has 0 fully saturated rings. The predicted octanol–water partition coefficient (Wildman–Crippen LogP) is 1.02. The third-order valence-corrected chi connectivity index (χ3v) is 1.61. The lowest BCUT2D eigenvalue weighted by atomic mass is 10.4. The van der Waals surface area contributed by atoms with Crippen LogP contribution < -0.4 is 0 Å². The van der Waals surface area contributed by atoms with Gasteiger partial charge in [0, 0.05) is 12.2 Å². The Morgan fingerprint density at radius 1 is 1.00 bits per heavy atom. The SMILES string of the molecule is C=CCOC(COC(=O)C=C)COC(=O)C=C. The summed E-state index contributed by atoms with van der Waals surface area (Å²) in [6.07, 6.45) is 3.08. The minimum atomic E-state index is -0.563. The van der Waals surface area contributed by atoms with Gasteiger partial charge in [0.25, 0.3) is 0 Å². The summed E-state index contributed by atoms with van der Waals surface area (Å²) in [5.74, 6) is -1.13. The number of esters is 2. The lowest BCUT2D eigenvalue weighted by molar-refractivity contribution is -0.148. The number of hydrogen-bond acceptors (Lipinski definition) is 5. The second kappa shape index (κ2) is 9.35. The second-order valence-corrected chi connectivity index (χ2v) is 2.91. The standard InChI is InChI=1S/C12H16O5/c1-4-7-15-10(8-16-11(13)5-2)9-17-12(14)6-3/h4-6,10H,1-3,7-9H2. The Kier molecular flexibility index (Phi) is 8.32. The highest BCUT2D eigenvalue weighted by atomic mass is 16.6. The molecule has 5 nitrogen and oxygen atoms in total. The molecule has 0 unspecified atom stereocenters. The van der Waals surface area contributed by atoms with Crippen molar-refractivity contribution in [2.75, 3.05) is 19.8 Å². The summed E-state index contributed by atoms with van der Waals surface area (Å²) in [7, 11) is 0. The van der Waals surface area contributed by atoms with E-state index in [9.17, 15) is 9.59 Å². The largest absolute Gasteiger partial charge is 0.460 e. The molecule has 94 valence electrons. The second-order valence-electron chi connectivity index (χ2n) is 2.91. The predicted molar refractivity (Wildman–Crippen MR) is 62.2 cm³/mol. The average molecular weight is 240 g/mol. The fourth-order valence-corrected chi connectivity index (χ4v) is 0.816. The van der Waals surface area contributed by atoms with Crippen LogP contribution in [0.2, 0.25) is 0 Å². The Labute approximate surface area is 100 Å². The van der Waals surface area contributed by atoms with Crippen LogP contribution in [0.15, 0.2) is 38.0 Å². The molecule has 0 spiro atoms. The smallest absolute Gasteiger partial charge is 0.330 e. The maximum atomic E-state index is 10.8. The van der Waals surface area contributed by atoms with Crippen molar-refractivity contribution in [3.63, 3.8) is 0 Å². The Bertz CT molecular complexity index is 271. The molecule has 0 bridgehead atoms. The van der Waals surface area contributed by atoms with Crippen molar-refractivity contribution in [3.05, 3.63) is 38.0 Å². The Morgan fingerprint density at radius 2 is 1.47 bits per heavy atom. The van der Waals surface area contributed by atoms with Crippen LogP contribution in [0.25, 0.3) is 0 Å². The van der Waals surface area contributed by atoms with Crippen molar-refractivity contribution in [3.8, 4) is 0 Å². The van der Waals surface area contributed by atoms with Gasteiger partial charge in [-0.3, -0.25) is 0 Å². The average Bonchev–Trinajstić information content (AvgIpc) is 2.36. The van der Waals surface area contributed by atoms with E-state index in [4.69, 9.17) is 14.2 Å². The first-order valence-electron chi connectivity index (χ1n) is 4.95. The van der Waals surface area contributed by atoms with Crippen LogP contribution in [0.5, 0.6) is 0 Å². The molecule has 0 aromatic carbocycles. The van der Waals surface area contributed by atoms with Gasteiger partial charge in [0.2, 0.25) is 0 Å². The molecule has 17 heavy (non-hydrogen) atoms. The van der Waals surface area contributed by atoms with Crippen LogP contribution in [0.1, 0.15) is 0 Å². The van der Waals surface area contributed by atoms with Crippen molar-refractivity contribution in [2.45, 2.75) is 6.10 Å². The molecule has 0 atom stereocenters. The van der Waals surface area contributed by atoms with Gasteiger partial charge in [0.1, 0.15) is 19.3 Å². The summed E-state index contributed by atoms with van der Waals surface area (Å²) in [5.41, 5.74) is 0. The Balaban J connectivity index is 4.07. The normalized spacial score (nSPS) is 9.47. The first-order chi connectivity index (χ1) is 8.13. The molecule has 0 aromatic rings. The third kappa shape index (κ3) is 7.98. The summed E-state index contributed by atoms with van der Waals surface area (Å²) in [6.45, 7) is 10.2.